The minimum Gasteiger partial charge on any atom is -0.441 e. The first-order valence-corrected chi connectivity index (χ1v) is 9.60. The molecule has 1 amide bonds. The molecule has 6 nitrogen and oxygen atoms in total. The molecule has 7 heteroatoms. The van der Waals surface area contributed by atoms with Crippen LogP contribution in [0, 0.1) is 6.92 Å². The van der Waals surface area contributed by atoms with E-state index >= 15 is 0 Å². The maximum absolute atomic E-state index is 12.6. The molecule has 0 saturated carbocycles. The van der Waals surface area contributed by atoms with Gasteiger partial charge in [-0.05, 0) is 31.2 Å². The first kappa shape index (κ1) is 16.5. The van der Waals surface area contributed by atoms with Gasteiger partial charge in [0.15, 0.2) is 0 Å². The van der Waals surface area contributed by atoms with Gasteiger partial charge in [-0.15, -0.1) is 0 Å². The maximum Gasteiger partial charge on any atom is 0.269 e. The van der Waals surface area contributed by atoms with E-state index in [1.807, 2.05) is 30.3 Å². The molecular formula is C19H16N2O4S. The van der Waals surface area contributed by atoms with Gasteiger partial charge in [0, 0.05) is 18.5 Å². The van der Waals surface area contributed by atoms with Gasteiger partial charge in [0.25, 0.3) is 15.9 Å². The van der Waals surface area contributed by atoms with E-state index in [0.29, 0.717) is 23.8 Å². The third-order valence-corrected chi connectivity index (χ3v) is 6.22. The number of aromatic nitrogens is 1. The smallest absolute Gasteiger partial charge is 0.269 e. The fourth-order valence-electron chi connectivity index (χ4n) is 3.02. The quantitative estimate of drug-likeness (QED) is 0.707. The van der Waals surface area contributed by atoms with E-state index in [4.69, 9.17) is 4.42 Å². The predicted molar refractivity (Wildman–Crippen MR) is 95.0 cm³/mol. The number of benzene rings is 2. The first-order valence-electron chi connectivity index (χ1n) is 8.16. The fraction of sp³-hybridized carbons (Fsp3) is 0.158. The monoisotopic (exact) mass is 368 g/mol. The molecular weight excluding hydrogens is 352 g/mol. The summed E-state index contributed by atoms with van der Waals surface area (Å²) in [5, 5.41) is 0. The molecule has 1 aliphatic rings. The van der Waals surface area contributed by atoms with Crippen LogP contribution in [0.4, 0.5) is 0 Å². The second-order valence-corrected chi connectivity index (χ2v) is 7.85. The Morgan fingerprint density at radius 1 is 1.04 bits per heavy atom. The number of sulfonamides is 1. The normalized spacial score (nSPS) is 15.3. The highest BCUT2D eigenvalue weighted by molar-refractivity contribution is 7.90. The molecule has 0 unspecified atom stereocenters. The second kappa shape index (κ2) is 6.10. The molecule has 1 aromatic heterocycles. The molecule has 0 N–H and O–H groups in total. The number of nitrogens with zero attached hydrogens (tertiary/aromatic N) is 2. The van der Waals surface area contributed by atoms with Crippen LogP contribution in [0.15, 0.2) is 63.9 Å². The lowest BCUT2D eigenvalue weighted by Crippen LogP contribution is -2.32. The van der Waals surface area contributed by atoms with Gasteiger partial charge in [0.1, 0.15) is 10.7 Å². The molecule has 0 fully saturated rings. The highest BCUT2D eigenvalue weighted by Crippen LogP contribution is 2.30. The predicted octanol–water partition coefficient (Wildman–Crippen LogP) is 3.04. The number of oxazole rings is 1. The Labute approximate surface area is 151 Å². The zero-order valence-electron chi connectivity index (χ0n) is 14.0. The molecule has 0 spiro atoms. The Kier molecular flexibility index (Phi) is 3.88. The van der Waals surface area contributed by atoms with E-state index in [9.17, 15) is 13.2 Å². The maximum atomic E-state index is 12.6. The summed E-state index contributed by atoms with van der Waals surface area (Å²) < 4.78 is 31.8. The van der Waals surface area contributed by atoms with Crippen LogP contribution in [0.3, 0.4) is 0 Å². The van der Waals surface area contributed by atoms with Crippen molar-refractivity contribution in [1.82, 2.24) is 9.29 Å². The van der Waals surface area contributed by atoms with Crippen LogP contribution in [0.25, 0.3) is 11.5 Å². The topological polar surface area (TPSA) is 80.5 Å². The standard InChI is InChI=1S/C19H16N2O4S/c1-13-16(20-18(25-13)14-7-3-2-4-8-14)11-12-21-19(22)15-9-5-6-10-17(15)26(21,23)24/h2-10H,11-12H2,1H3. The minimum atomic E-state index is -3.80. The number of fused-ring (bicyclic) bond motifs is 1. The van der Waals surface area contributed by atoms with Gasteiger partial charge < -0.3 is 4.42 Å². The zero-order valence-corrected chi connectivity index (χ0v) is 14.9. The Bertz CT molecular complexity index is 1090. The Morgan fingerprint density at radius 3 is 2.46 bits per heavy atom. The molecule has 4 rings (SSSR count). The Morgan fingerprint density at radius 2 is 1.73 bits per heavy atom. The van der Waals surface area contributed by atoms with Crippen LogP contribution >= 0.6 is 0 Å². The molecule has 2 heterocycles. The Balaban J connectivity index is 1.57. The molecule has 132 valence electrons. The summed E-state index contributed by atoms with van der Waals surface area (Å²) in [5.41, 5.74) is 1.70. The van der Waals surface area contributed by atoms with E-state index in [2.05, 4.69) is 4.98 Å². The molecule has 0 aliphatic carbocycles. The Hall–Kier alpha value is -2.93. The number of carbonyl (C=O) groups excluding carboxylic acids is 1. The van der Waals surface area contributed by atoms with Crippen molar-refractivity contribution < 1.29 is 17.6 Å². The number of hydrogen-bond acceptors (Lipinski definition) is 5. The van der Waals surface area contributed by atoms with Gasteiger partial charge >= 0.3 is 0 Å². The van der Waals surface area contributed by atoms with Crippen LogP contribution in [0.5, 0.6) is 0 Å². The van der Waals surface area contributed by atoms with Gasteiger partial charge in [0.2, 0.25) is 5.89 Å². The van der Waals surface area contributed by atoms with Crippen molar-refractivity contribution in [1.29, 1.82) is 0 Å². The summed E-state index contributed by atoms with van der Waals surface area (Å²) in [5.74, 6) is 0.604. The van der Waals surface area contributed by atoms with Crippen LogP contribution in [-0.2, 0) is 16.4 Å². The van der Waals surface area contributed by atoms with Crippen molar-refractivity contribution in [2.24, 2.45) is 0 Å². The van der Waals surface area contributed by atoms with Gasteiger partial charge in [-0.1, -0.05) is 30.3 Å². The summed E-state index contributed by atoms with van der Waals surface area (Å²) in [6, 6.07) is 15.7. The lowest BCUT2D eigenvalue weighted by atomic mass is 10.2. The van der Waals surface area contributed by atoms with Gasteiger partial charge in [-0.25, -0.2) is 17.7 Å². The van der Waals surface area contributed by atoms with Crippen molar-refractivity contribution in [3.63, 3.8) is 0 Å². The van der Waals surface area contributed by atoms with Gasteiger partial charge in [0.05, 0.1) is 11.3 Å². The molecule has 0 radical (unpaired) electrons. The largest absolute Gasteiger partial charge is 0.441 e. The molecule has 3 aromatic rings. The van der Waals surface area contributed by atoms with Crippen LogP contribution < -0.4 is 0 Å². The zero-order chi connectivity index (χ0) is 18.3. The SMILES string of the molecule is Cc1oc(-c2ccccc2)nc1CCN1C(=O)c2ccccc2S1(=O)=O. The molecule has 2 aromatic carbocycles. The van der Waals surface area contributed by atoms with E-state index < -0.39 is 15.9 Å². The highest BCUT2D eigenvalue weighted by Gasteiger charge is 2.40. The lowest BCUT2D eigenvalue weighted by Gasteiger charge is -2.14. The summed E-state index contributed by atoms with van der Waals surface area (Å²) in [6.45, 7) is 1.81. The third kappa shape index (κ3) is 2.61. The molecule has 26 heavy (non-hydrogen) atoms. The molecule has 0 atom stereocenters. The van der Waals surface area contributed by atoms with Gasteiger partial charge in [-0.2, -0.15) is 0 Å². The van der Waals surface area contributed by atoms with Gasteiger partial charge in [-0.3, -0.25) is 4.79 Å². The fourth-order valence-corrected chi connectivity index (χ4v) is 4.59. The number of hydrogen-bond donors (Lipinski definition) is 0. The van der Waals surface area contributed by atoms with Crippen LogP contribution in [-0.4, -0.2) is 30.2 Å². The summed E-state index contributed by atoms with van der Waals surface area (Å²) in [7, 11) is -3.80. The number of amides is 1. The van der Waals surface area contributed by atoms with E-state index in [-0.39, 0.29) is 17.0 Å². The summed E-state index contributed by atoms with van der Waals surface area (Å²) in [4.78, 5) is 17.0. The number of rotatable bonds is 4. The van der Waals surface area contributed by atoms with E-state index in [1.54, 1.807) is 19.1 Å². The molecule has 1 aliphatic heterocycles. The van der Waals surface area contributed by atoms with Crippen molar-refractivity contribution in [3.8, 4) is 11.5 Å². The number of aryl methyl sites for hydroxylation is 1. The van der Waals surface area contributed by atoms with Crippen molar-refractivity contribution >= 4 is 15.9 Å². The lowest BCUT2D eigenvalue weighted by molar-refractivity contribution is 0.0872. The number of carbonyl (C=O) groups is 1. The van der Waals surface area contributed by atoms with Crippen LogP contribution in [0.2, 0.25) is 0 Å². The summed E-state index contributed by atoms with van der Waals surface area (Å²) >= 11 is 0. The summed E-state index contributed by atoms with van der Waals surface area (Å²) in [6.07, 6.45) is 0.293. The third-order valence-electron chi connectivity index (χ3n) is 4.38. The molecule has 0 saturated heterocycles. The van der Waals surface area contributed by atoms with Crippen LogP contribution in [0.1, 0.15) is 21.8 Å². The average Bonchev–Trinajstić information content (AvgIpc) is 3.11. The average molecular weight is 368 g/mol. The first-order chi connectivity index (χ1) is 12.5. The molecule has 0 bridgehead atoms. The minimum absolute atomic E-state index is 0.0252. The van der Waals surface area contributed by atoms with Crippen molar-refractivity contribution in [2.45, 2.75) is 18.2 Å². The van der Waals surface area contributed by atoms with Crippen molar-refractivity contribution in [3.05, 3.63) is 71.6 Å². The van der Waals surface area contributed by atoms with E-state index in [0.717, 1.165) is 9.87 Å². The van der Waals surface area contributed by atoms with E-state index in [1.165, 1.54) is 12.1 Å². The van der Waals surface area contributed by atoms with Crippen molar-refractivity contribution in [2.75, 3.05) is 6.54 Å². The second-order valence-electron chi connectivity index (χ2n) is 6.02. The highest BCUT2D eigenvalue weighted by atomic mass is 32.2.